The number of nitrogens with one attached hydrogen (secondary N) is 1. The van der Waals surface area contributed by atoms with Gasteiger partial charge >= 0.3 is 0 Å². The second kappa shape index (κ2) is 7.43. The van der Waals surface area contributed by atoms with Crippen molar-refractivity contribution in [1.29, 1.82) is 0 Å². The van der Waals surface area contributed by atoms with Crippen LogP contribution in [0.15, 0.2) is 5.38 Å². The monoisotopic (exact) mass is 335 g/mol. The molecule has 0 spiro atoms. The van der Waals surface area contributed by atoms with Crippen molar-refractivity contribution in [3.63, 3.8) is 0 Å². The maximum absolute atomic E-state index is 12.7. The van der Waals surface area contributed by atoms with E-state index in [1.807, 2.05) is 6.92 Å². The Kier molecular flexibility index (Phi) is 5.30. The van der Waals surface area contributed by atoms with Crippen LogP contribution in [0.4, 0.5) is 0 Å². The molecule has 2 fully saturated rings. The van der Waals surface area contributed by atoms with Crippen LogP contribution in [0.25, 0.3) is 0 Å². The number of carbonyl (C=O) groups excluding carboxylic acids is 2. The van der Waals surface area contributed by atoms with Gasteiger partial charge in [0.1, 0.15) is 6.04 Å². The Hall–Kier alpha value is -1.43. The predicted molar refractivity (Wildman–Crippen MR) is 90.5 cm³/mol. The molecular formula is C17H25N3O2S. The van der Waals surface area contributed by atoms with Gasteiger partial charge in [0.25, 0.3) is 5.91 Å². The van der Waals surface area contributed by atoms with Crippen LogP contribution in [0.3, 0.4) is 0 Å². The van der Waals surface area contributed by atoms with E-state index in [4.69, 9.17) is 0 Å². The molecule has 0 radical (unpaired) electrons. The average molecular weight is 335 g/mol. The molecule has 0 aromatic carbocycles. The summed E-state index contributed by atoms with van der Waals surface area (Å²) in [6, 6.07) is -0.314. The molecule has 1 aromatic heterocycles. The zero-order chi connectivity index (χ0) is 16.2. The van der Waals surface area contributed by atoms with Gasteiger partial charge in [0.15, 0.2) is 0 Å². The van der Waals surface area contributed by atoms with Crippen molar-refractivity contribution in [2.45, 2.75) is 57.9 Å². The van der Waals surface area contributed by atoms with Crippen molar-refractivity contribution in [2.75, 3.05) is 13.1 Å². The van der Waals surface area contributed by atoms with Crippen molar-refractivity contribution in [3.05, 3.63) is 16.6 Å². The molecule has 2 amide bonds. The lowest BCUT2D eigenvalue weighted by molar-refractivity contribution is -0.125. The molecule has 1 aliphatic heterocycles. The number of amides is 2. The van der Waals surface area contributed by atoms with Crippen molar-refractivity contribution in [3.8, 4) is 0 Å². The minimum absolute atomic E-state index is 0.0160. The molecule has 1 saturated carbocycles. The van der Waals surface area contributed by atoms with E-state index in [-0.39, 0.29) is 17.9 Å². The van der Waals surface area contributed by atoms with E-state index < -0.39 is 0 Å². The van der Waals surface area contributed by atoms with Crippen LogP contribution in [0.2, 0.25) is 0 Å². The second-order valence-corrected chi connectivity index (χ2v) is 7.35. The smallest absolute Gasteiger partial charge is 0.257 e. The molecule has 0 bridgehead atoms. The molecule has 6 heteroatoms. The Bertz CT molecular complexity index is 566. The molecule has 5 nitrogen and oxygen atoms in total. The first-order valence-electron chi connectivity index (χ1n) is 8.66. The quantitative estimate of drug-likeness (QED) is 0.920. The summed E-state index contributed by atoms with van der Waals surface area (Å²) < 4.78 is 4.17. The Balaban J connectivity index is 1.58. The van der Waals surface area contributed by atoms with Gasteiger partial charge in [0.05, 0.1) is 11.3 Å². The summed E-state index contributed by atoms with van der Waals surface area (Å²) in [4.78, 5) is 26.9. The fraction of sp³-hybridized carbons (Fsp3) is 0.706. The van der Waals surface area contributed by atoms with E-state index >= 15 is 0 Å². The zero-order valence-electron chi connectivity index (χ0n) is 13.7. The third-order valence-electron chi connectivity index (χ3n) is 5.09. The van der Waals surface area contributed by atoms with Gasteiger partial charge < -0.3 is 10.2 Å². The Labute approximate surface area is 141 Å². The van der Waals surface area contributed by atoms with Gasteiger partial charge in [0.2, 0.25) is 5.91 Å². The lowest BCUT2D eigenvalue weighted by Crippen LogP contribution is -2.47. The molecule has 1 aliphatic carbocycles. The molecule has 3 rings (SSSR count). The fourth-order valence-electron chi connectivity index (χ4n) is 3.69. The number of likely N-dealkylation sites (tertiary alicyclic amines) is 1. The summed E-state index contributed by atoms with van der Waals surface area (Å²) in [6.07, 6.45) is 7.96. The van der Waals surface area contributed by atoms with E-state index in [9.17, 15) is 9.59 Å². The maximum atomic E-state index is 12.7. The number of hydrogen-bond acceptors (Lipinski definition) is 4. The van der Waals surface area contributed by atoms with Gasteiger partial charge in [-0.2, -0.15) is 4.37 Å². The summed E-state index contributed by atoms with van der Waals surface area (Å²) in [5.74, 6) is 0.579. The fourth-order valence-corrected chi connectivity index (χ4v) is 4.37. The average Bonchev–Trinajstić information content (AvgIpc) is 3.22. The molecule has 1 atom stereocenters. The highest BCUT2D eigenvalue weighted by molar-refractivity contribution is 7.03. The minimum Gasteiger partial charge on any atom is -0.354 e. The van der Waals surface area contributed by atoms with Gasteiger partial charge in [-0.25, -0.2) is 0 Å². The van der Waals surface area contributed by atoms with Crippen molar-refractivity contribution in [2.24, 2.45) is 5.92 Å². The second-order valence-electron chi connectivity index (χ2n) is 6.72. The molecule has 1 unspecified atom stereocenters. The lowest BCUT2D eigenvalue weighted by Gasteiger charge is -2.26. The van der Waals surface area contributed by atoms with Crippen molar-refractivity contribution < 1.29 is 9.59 Å². The number of aryl methyl sites for hydroxylation is 1. The Morgan fingerprint density at radius 3 is 2.74 bits per heavy atom. The van der Waals surface area contributed by atoms with Gasteiger partial charge in [-0.05, 0) is 50.1 Å². The van der Waals surface area contributed by atoms with Gasteiger partial charge in [-0.1, -0.05) is 19.3 Å². The number of aromatic nitrogens is 1. The number of carbonyl (C=O) groups is 2. The highest BCUT2D eigenvalue weighted by Crippen LogP contribution is 2.24. The van der Waals surface area contributed by atoms with Crippen LogP contribution >= 0.6 is 11.5 Å². The van der Waals surface area contributed by atoms with Crippen LogP contribution in [0.5, 0.6) is 0 Å². The summed E-state index contributed by atoms with van der Waals surface area (Å²) in [5.41, 5.74) is 1.40. The van der Waals surface area contributed by atoms with E-state index in [0.717, 1.165) is 25.1 Å². The standard InChI is InChI=1S/C17H25N3O2S/c1-12-14(11-23-19-12)17(22)20-9-5-8-15(20)16(21)18-10-13-6-3-2-4-7-13/h11,13,15H,2-10H2,1H3,(H,18,21). The number of hydrogen-bond donors (Lipinski definition) is 1. The third-order valence-corrected chi connectivity index (χ3v) is 5.81. The van der Waals surface area contributed by atoms with Crippen LogP contribution in [0.1, 0.15) is 61.0 Å². The molecule has 1 aromatic rings. The van der Waals surface area contributed by atoms with Crippen LogP contribution in [-0.2, 0) is 4.79 Å². The maximum Gasteiger partial charge on any atom is 0.257 e. The SMILES string of the molecule is Cc1nscc1C(=O)N1CCCC1C(=O)NCC1CCCCC1. The highest BCUT2D eigenvalue weighted by atomic mass is 32.1. The Morgan fingerprint density at radius 2 is 2.04 bits per heavy atom. The topological polar surface area (TPSA) is 62.3 Å². The van der Waals surface area contributed by atoms with E-state index in [1.165, 1.54) is 43.6 Å². The molecule has 126 valence electrons. The summed E-state index contributed by atoms with van der Waals surface area (Å²) in [7, 11) is 0. The minimum atomic E-state index is -0.314. The normalized spacial score (nSPS) is 22.3. The summed E-state index contributed by atoms with van der Waals surface area (Å²) in [5, 5.41) is 4.88. The van der Waals surface area contributed by atoms with E-state index in [1.54, 1.807) is 10.3 Å². The van der Waals surface area contributed by atoms with Crippen LogP contribution in [0, 0.1) is 12.8 Å². The molecule has 2 aliphatic rings. The van der Waals surface area contributed by atoms with Crippen LogP contribution < -0.4 is 5.32 Å². The highest BCUT2D eigenvalue weighted by Gasteiger charge is 2.35. The number of rotatable bonds is 4. The van der Waals surface area contributed by atoms with Crippen LogP contribution in [-0.4, -0.2) is 40.2 Å². The molecule has 23 heavy (non-hydrogen) atoms. The number of nitrogens with zero attached hydrogens (tertiary/aromatic N) is 2. The summed E-state index contributed by atoms with van der Waals surface area (Å²) in [6.45, 7) is 3.27. The largest absolute Gasteiger partial charge is 0.354 e. The van der Waals surface area contributed by atoms with Crippen molar-refractivity contribution >= 4 is 23.3 Å². The lowest BCUT2D eigenvalue weighted by atomic mass is 9.89. The third kappa shape index (κ3) is 3.74. The van der Waals surface area contributed by atoms with E-state index in [2.05, 4.69) is 9.69 Å². The first kappa shape index (κ1) is 16.4. The molecule has 1 saturated heterocycles. The Morgan fingerprint density at radius 1 is 1.26 bits per heavy atom. The van der Waals surface area contributed by atoms with Crippen molar-refractivity contribution in [1.82, 2.24) is 14.6 Å². The predicted octanol–water partition coefficient (Wildman–Crippen LogP) is 2.75. The molecular weight excluding hydrogens is 310 g/mol. The molecule has 2 heterocycles. The van der Waals surface area contributed by atoms with Gasteiger partial charge in [-0.15, -0.1) is 0 Å². The van der Waals surface area contributed by atoms with E-state index in [0.29, 0.717) is 18.0 Å². The van der Waals surface area contributed by atoms with Gasteiger partial charge in [-0.3, -0.25) is 9.59 Å². The van der Waals surface area contributed by atoms with Gasteiger partial charge in [0, 0.05) is 18.5 Å². The summed E-state index contributed by atoms with van der Waals surface area (Å²) >= 11 is 1.29. The first-order valence-corrected chi connectivity index (χ1v) is 9.50. The molecule has 1 N–H and O–H groups in total. The zero-order valence-corrected chi connectivity index (χ0v) is 14.5. The first-order chi connectivity index (χ1) is 11.2.